The number of nitrogens with two attached hydrogens (primary N) is 1. The van der Waals surface area contributed by atoms with Gasteiger partial charge in [0.15, 0.2) is 0 Å². The lowest BCUT2D eigenvalue weighted by Gasteiger charge is -2.50. The van der Waals surface area contributed by atoms with Gasteiger partial charge in [0, 0.05) is 44.8 Å². The van der Waals surface area contributed by atoms with Crippen molar-refractivity contribution < 1.29 is 0 Å². The average molecular weight is 315 g/mol. The van der Waals surface area contributed by atoms with Gasteiger partial charge in [-0.3, -0.25) is 21.1 Å². The lowest BCUT2D eigenvalue weighted by molar-refractivity contribution is -0.00314. The molecule has 2 atom stereocenters. The minimum atomic E-state index is 0.232. The van der Waals surface area contributed by atoms with Crippen LogP contribution in [-0.4, -0.2) is 54.6 Å². The van der Waals surface area contributed by atoms with E-state index in [0.29, 0.717) is 16.1 Å². The number of nitrogens with zero attached hydrogens (tertiary/aromatic N) is 2. The van der Waals surface area contributed by atoms with Gasteiger partial charge in [-0.2, -0.15) is 0 Å². The number of hydrogen-bond donors (Lipinski definition) is 2. The number of hydrazine groups is 1. The number of halogens is 2. The van der Waals surface area contributed by atoms with E-state index >= 15 is 0 Å². The smallest absolute Gasteiger partial charge is 0.0595 e. The molecule has 3 N–H and O–H groups in total. The van der Waals surface area contributed by atoms with Crippen molar-refractivity contribution in [3.8, 4) is 0 Å². The first-order chi connectivity index (χ1) is 9.67. The van der Waals surface area contributed by atoms with Crippen molar-refractivity contribution in [3.05, 3.63) is 33.8 Å². The molecule has 1 aromatic rings. The number of benzene rings is 1. The first-order valence-electron chi connectivity index (χ1n) is 7.04. The summed E-state index contributed by atoms with van der Waals surface area (Å²) >= 11 is 12.1. The standard InChI is InChI=1S/C14H20Cl2N4/c15-11-2-1-10(7-12(11)16)8-13(18-17)14-9-19-3-5-20(14)6-4-19/h1-2,7,13-14,18H,3-6,8-9,17H2. The van der Waals surface area contributed by atoms with Gasteiger partial charge in [-0.25, -0.2) is 0 Å². The first kappa shape index (κ1) is 14.6. The molecule has 0 amide bonds. The van der Waals surface area contributed by atoms with Crippen LogP contribution in [0.25, 0.3) is 0 Å². The van der Waals surface area contributed by atoms with Crippen molar-refractivity contribution in [1.29, 1.82) is 0 Å². The van der Waals surface area contributed by atoms with Crippen LogP contribution in [0.15, 0.2) is 18.2 Å². The highest BCUT2D eigenvalue weighted by Gasteiger charge is 2.36. The van der Waals surface area contributed by atoms with Crippen LogP contribution in [-0.2, 0) is 6.42 Å². The van der Waals surface area contributed by atoms with Crippen molar-refractivity contribution in [3.63, 3.8) is 0 Å². The minimum absolute atomic E-state index is 0.232. The summed E-state index contributed by atoms with van der Waals surface area (Å²) in [5.41, 5.74) is 4.16. The van der Waals surface area contributed by atoms with E-state index in [4.69, 9.17) is 29.0 Å². The van der Waals surface area contributed by atoms with Crippen LogP contribution in [0.2, 0.25) is 10.0 Å². The molecule has 0 saturated carbocycles. The molecule has 3 aliphatic heterocycles. The van der Waals surface area contributed by atoms with Gasteiger partial charge in [0.1, 0.15) is 0 Å². The van der Waals surface area contributed by atoms with Gasteiger partial charge < -0.3 is 0 Å². The van der Waals surface area contributed by atoms with Gasteiger partial charge in [-0.1, -0.05) is 29.3 Å². The van der Waals surface area contributed by atoms with Crippen molar-refractivity contribution in [2.24, 2.45) is 5.84 Å². The topological polar surface area (TPSA) is 44.5 Å². The molecular formula is C14H20Cl2N4. The maximum Gasteiger partial charge on any atom is 0.0595 e. The molecule has 2 unspecified atom stereocenters. The normalized spacial score (nSPS) is 30.4. The zero-order valence-electron chi connectivity index (χ0n) is 11.4. The molecule has 110 valence electrons. The van der Waals surface area contributed by atoms with Crippen molar-refractivity contribution in [2.75, 3.05) is 32.7 Å². The van der Waals surface area contributed by atoms with E-state index in [0.717, 1.165) is 26.1 Å². The Labute approximate surface area is 129 Å². The number of piperazine rings is 3. The van der Waals surface area contributed by atoms with Crippen molar-refractivity contribution >= 4 is 23.2 Å². The van der Waals surface area contributed by atoms with Gasteiger partial charge in [0.2, 0.25) is 0 Å². The van der Waals surface area contributed by atoms with E-state index in [1.807, 2.05) is 18.2 Å². The molecule has 6 heteroatoms. The molecule has 3 fully saturated rings. The lowest BCUT2D eigenvalue weighted by Crippen LogP contribution is -2.67. The molecule has 1 aromatic carbocycles. The van der Waals surface area contributed by atoms with Crippen LogP contribution in [0.1, 0.15) is 5.56 Å². The second kappa shape index (κ2) is 6.18. The number of fused-ring (bicyclic) bond motifs is 3. The Morgan fingerprint density at radius 2 is 1.95 bits per heavy atom. The zero-order valence-corrected chi connectivity index (χ0v) is 12.9. The monoisotopic (exact) mass is 314 g/mol. The van der Waals surface area contributed by atoms with Crippen LogP contribution < -0.4 is 11.3 Å². The fourth-order valence-electron chi connectivity index (χ4n) is 3.27. The Bertz CT molecular complexity index is 474. The molecule has 3 heterocycles. The third-order valence-electron chi connectivity index (χ3n) is 4.44. The average Bonchev–Trinajstić information content (AvgIpc) is 2.49. The summed E-state index contributed by atoms with van der Waals surface area (Å²) in [5.74, 6) is 5.80. The summed E-state index contributed by atoms with van der Waals surface area (Å²) < 4.78 is 0. The van der Waals surface area contributed by atoms with Gasteiger partial charge in [0.05, 0.1) is 10.0 Å². The molecule has 4 nitrogen and oxygen atoms in total. The summed E-state index contributed by atoms with van der Waals surface area (Å²) in [6.45, 7) is 5.74. The molecular weight excluding hydrogens is 295 g/mol. The van der Waals surface area contributed by atoms with Crippen LogP contribution in [0.4, 0.5) is 0 Å². The number of hydrogen-bond acceptors (Lipinski definition) is 4. The van der Waals surface area contributed by atoms with Crippen LogP contribution in [0.3, 0.4) is 0 Å². The van der Waals surface area contributed by atoms with E-state index in [-0.39, 0.29) is 6.04 Å². The fraction of sp³-hybridized carbons (Fsp3) is 0.571. The molecule has 0 aromatic heterocycles. The third-order valence-corrected chi connectivity index (χ3v) is 5.18. The molecule has 20 heavy (non-hydrogen) atoms. The summed E-state index contributed by atoms with van der Waals surface area (Å²) in [4.78, 5) is 5.06. The van der Waals surface area contributed by atoms with Gasteiger partial charge in [0.25, 0.3) is 0 Å². The second-order valence-corrected chi connectivity index (χ2v) is 6.44. The summed E-state index contributed by atoms with van der Waals surface area (Å²) in [6, 6.07) is 6.51. The van der Waals surface area contributed by atoms with Crippen LogP contribution in [0.5, 0.6) is 0 Å². The summed E-state index contributed by atoms with van der Waals surface area (Å²) in [6.07, 6.45) is 0.863. The summed E-state index contributed by atoms with van der Waals surface area (Å²) in [7, 11) is 0. The maximum absolute atomic E-state index is 6.09. The largest absolute Gasteiger partial charge is 0.299 e. The highest BCUT2D eigenvalue weighted by Crippen LogP contribution is 2.25. The number of rotatable bonds is 4. The molecule has 2 bridgehead atoms. The van der Waals surface area contributed by atoms with Crippen LogP contribution in [0, 0.1) is 0 Å². The zero-order chi connectivity index (χ0) is 14.1. The molecule has 0 radical (unpaired) electrons. The molecule has 3 aliphatic rings. The maximum atomic E-state index is 6.09. The quantitative estimate of drug-likeness (QED) is 0.651. The Balaban J connectivity index is 1.72. The van der Waals surface area contributed by atoms with E-state index in [1.54, 1.807) is 0 Å². The number of nitrogens with one attached hydrogen (secondary N) is 1. The Kier molecular flexibility index (Phi) is 4.50. The SMILES string of the molecule is NNC(Cc1ccc(Cl)c(Cl)c1)C1CN2CCN1CC2. The van der Waals surface area contributed by atoms with E-state index in [9.17, 15) is 0 Å². The molecule has 3 saturated heterocycles. The van der Waals surface area contributed by atoms with Gasteiger partial charge >= 0.3 is 0 Å². The lowest BCUT2D eigenvalue weighted by atomic mass is 9.95. The Morgan fingerprint density at radius 1 is 1.20 bits per heavy atom. The predicted octanol–water partition coefficient (Wildman–Crippen LogP) is 1.37. The Hall–Kier alpha value is -0.360. The molecule has 0 aliphatic carbocycles. The fourth-order valence-corrected chi connectivity index (χ4v) is 3.59. The predicted molar refractivity (Wildman–Crippen MR) is 83.1 cm³/mol. The highest BCUT2D eigenvalue weighted by atomic mass is 35.5. The second-order valence-electron chi connectivity index (χ2n) is 5.63. The van der Waals surface area contributed by atoms with E-state index in [2.05, 4.69) is 15.2 Å². The van der Waals surface area contributed by atoms with Crippen molar-refractivity contribution in [1.82, 2.24) is 15.2 Å². The van der Waals surface area contributed by atoms with Crippen molar-refractivity contribution in [2.45, 2.75) is 18.5 Å². The van der Waals surface area contributed by atoms with E-state index in [1.165, 1.54) is 18.7 Å². The molecule has 4 rings (SSSR count). The third kappa shape index (κ3) is 2.96. The van der Waals surface area contributed by atoms with Gasteiger partial charge in [-0.15, -0.1) is 0 Å². The minimum Gasteiger partial charge on any atom is -0.299 e. The van der Waals surface area contributed by atoms with Gasteiger partial charge in [-0.05, 0) is 24.1 Å². The Morgan fingerprint density at radius 3 is 2.50 bits per heavy atom. The first-order valence-corrected chi connectivity index (χ1v) is 7.79. The molecule has 0 spiro atoms. The highest BCUT2D eigenvalue weighted by molar-refractivity contribution is 6.42. The van der Waals surface area contributed by atoms with Crippen LogP contribution >= 0.6 is 23.2 Å². The summed E-state index contributed by atoms with van der Waals surface area (Å²) in [5, 5.41) is 1.20. The van der Waals surface area contributed by atoms with E-state index < -0.39 is 0 Å².